The number of hydroxylamine groups is 1. The Morgan fingerprint density at radius 2 is 1.50 bits per heavy atom. The maximum atomic E-state index is 13.1. The second kappa shape index (κ2) is 23.6. The quantitative estimate of drug-likeness (QED) is 0.0751. The Morgan fingerprint density at radius 1 is 0.905 bits per heavy atom. The van der Waals surface area contributed by atoms with Crippen LogP contribution in [0.3, 0.4) is 0 Å². The molecule has 1 unspecified atom stereocenters. The number of amides is 3. The summed E-state index contributed by atoms with van der Waals surface area (Å²) in [7, 11) is 3.10. The number of hydrogen-bond acceptors (Lipinski definition) is 12. The maximum absolute atomic E-state index is 13.1. The van der Waals surface area contributed by atoms with Gasteiger partial charge >= 0.3 is 0 Å². The van der Waals surface area contributed by atoms with E-state index in [-0.39, 0.29) is 49.5 Å². The largest absolute Gasteiger partial charge is 0.483 e. The number of aldehydes is 1. The minimum atomic E-state index is -0.978. The first-order valence-corrected chi connectivity index (χ1v) is 14.0. The van der Waals surface area contributed by atoms with Crippen molar-refractivity contribution in [3.63, 3.8) is 0 Å². The van der Waals surface area contributed by atoms with Gasteiger partial charge in [0.1, 0.15) is 12.0 Å². The molecule has 0 aliphatic carbocycles. The van der Waals surface area contributed by atoms with Crippen molar-refractivity contribution >= 4 is 24.0 Å². The molecule has 1 atom stereocenters. The minimum absolute atomic E-state index is 0.0419. The highest BCUT2D eigenvalue weighted by atomic mass is 16.7. The van der Waals surface area contributed by atoms with Gasteiger partial charge < -0.3 is 38.5 Å². The average Bonchev–Trinajstić information content (AvgIpc) is 3.26. The lowest BCUT2D eigenvalue weighted by atomic mass is 10.1. The number of carbonyl (C=O) groups is 4. The zero-order valence-corrected chi connectivity index (χ0v) is 25.0. The fourth-order valence-corrected chi connectivity index (χ4v) is 3.60. The van der Waals surface area contributed by atoms with Crippen LogP contribution < -0.4 is 15.5 Å². The highest BCUT2D eigenvalue weighted by Gasteiger charge is 2.42. The van der Waals surface area contributed by atoms with E-state index in [0.29, 0.717) is 59.1 Å². The van der Waals surface area contributed by atoms with Gasteiger partial charge in [0.05, 0.1) is 70.6 Å². The van der Waals surface area contributed by atoms with Crippen molar-refractivity contribution in [2.24, 2.45) is 0 Å². The molecular formula is C28H45N3O11. The van der Waals surface area contributed by atoms with Gasteiger partial charge in [-0.05, 0) is 12.1 Å². The van der Waals surface area contributed by atoms with Gasteiger partial charge in [0.25, 0.3) is 17.7 Å². The van der Waals surface area contributed by atoms with E-state index in [1.54, 1.807) is 13.2 Å². The van der Waals surface area contributed by atoms with Crippen LogP contribution in [-0.4, -0.2) is 122 Å². The number of ether oxygens (including phenoxy) is 6. The number of carbonyl (C=O) groups excluding carboxylic acids is 4. The molecule has 0 aromatic heterocycles. The van der Waals surface area contributed by atoms with E-state index in [2.05, 4.69) is 10.8 Å². The second-order valence-electron chi connectivity index (χ2n) is 8.26. The van der Waals surface area contributed by atoms with Crippen molar-refractivity contribution in [2.75, 3.05) is 86.8 Å². The summed E-state index contributed by atoms with van der Waals surface area (Å²) in [5.41, 5.74) is 2.63. The molecule has 42 heavy (non-hydrogen) atoms. The van der Waals surface area contributed by atoms with Crippen LogP contribution in [0.2, 0.25) is 0 Å². The van der Waals surface area contributed by atoms with E-state index in [1.165, 1.54) is 19.2 Å². The van der Waals surface area contributed by atoms with Crippen LogP contribution in [-0.2, 0) is 38.1 Å². The van der Waals surface area contributed by atoms with Gasteiger partial charge in [-0.1, -0.05) is 19.9 Å². The number of nitrogens with zero attached hydrogens (tertiary/aromatic N) is 1. The number of rotatable bonds is 24. The zero-order chi connectivity index (χ0) is 31.0. The minimum Gasteiger partial charge on any atom is -0.483 e. The van der Waals surface area contributed by atoms with Crippen molar-refractivity contribution in [3.05, 3.63) is 29.3 Å². The molecule has 0 fully saturated rings. The summed E-state index contributed by atoms with van der Waals surface area (Å²) in [5, 5.41) is 2.66. The molecule has 14 nitrogen and oxygen atoms in total. The molecule has 1 aromatic rings. The number of benzene rings is 1. The summed E-state index contributed by atoms with van der Waals surface area (Å²) in [4.78, 5) is 55.2. The standard InChI is InChI=1S/C26H39N3O11.C2H6/c1-27-40-23(7-4-9-30)29-25(32)20-5-3-6-21(24(20)26(29)33)39-19-22(31)28-8-10-35-13-14-37-17-18-38-16-15-36-12-11-34-2;1-2/h3,5-6,9,23,27H,4,7-8,10-19H2,1-2H3,(H,28,31);1-2H3. The fraction of sp³-hybridized carbons (Fsp3) is 0.643. The predicted molar refractivity (Wildman–Crippen MR) is 151 cm³/mol. The van der Waals surface area contributed by atoms with Crippen molar-refractivity contribution < 1.29 is 52.4 Å². The number of hydrogen-bond donors (Lipinski definition) is 2. The first-order chi connectivity index (χ1) is 20.5. The normalized spacial score (nSPS) is 12.9. The van der Waals surface area contributed by atoms with Gasteiger partial charge in [-0.15, -0.1) is 0 Å². The van der Waals surface area contributed by atoms with E-state index in [0.717, 1.165) is 4.90 Å². The summed E-state index contributed by atoms with van der Waals surface area (Å²) < 4.78 is 31.9. The Balaban J connectivity index is 0.00000431. The lowest BCUT2D eigenvalue weighted by Gasteiger charge is -2.24. The topological polar surface area (TPSA) is 160 Å². The van der Waals surface area contributed by atoms with E-state index in [9.17, 15) is 19.2 Å². The fourth-order valence-electron chi connectivity index (χ4n) is 3.60. The molecule has 14 heteroatoms. The van der Waals surface area contributed by atoms with Crippen LogP contribution in [0.15, 0.2) is 18.2 Å². The molecule has 2 N–H and O–H groups in total. The predicted octanol–water partition coefficient (Wildman–Crippen LogP) is 0.973. The molecule has 0 spiro atoms. The Labute approximate surface area is 247 Å². The van der Waals surface area contributed by atoms with Crippen molar-refractivity contribution in [1.29, 1.82) is 0 Å². The Kier molecular flexibility index (Phi) is 20.8. The van der Waals surface area contributed by atoms with Gasteiger partial charge in [0.2, 0.25) is 0 Å². The number of methoxy groups -OCH3 is 1. The van der Waals surface area contributed by atoms with Crippen LogP contribution in [0.4, 0.5) is 0 Å². The summed E-state index contributed by atoms with van der Waals surface area (Å²) in [6, 6.07) is 4.56. The highest BCUT2D eigenvalue weighted by molar-refractivity contribution is 6.22. The van der Waals surface area contributed by atoms with E-state index in [4.69, 9.17) is 33.3 Å². The first kappa shape index (κ1) is 37.0. The highest BCUT2D eigenvalue weighted by Crippen LogP contribution is 2.33. The van der Waals surface area contributed by atoms with Crippen molar-refractivity contribution in [2.45, 2.75) is 32.9 Å². The third-order valence-corrected chi connectivity index (χ3v) is 5.46. The van der Waals surface area contributed by atoms with E-state index < -0.39 is 23.9 Å². The summed E-state index contributed by atoms with van der Waals surface area (Å²) in [6.45, 7) is 7.90. The molecule has 0 bridgehead atoms. The first-order valence-electron chi connectivity index (χ1n) is 14.0. The zero-order valence-electron chi connectivity index (χ0n) is 25.0. The molecule has 1 aliphatic rings. The average molecular weight is 600 g/mol. The van der Waals surface area contributed by atoms with Crippen LogP contribution in [0, 0.1) is 0 Å². The number of fused-ring (bicyclic) bond motifs is 1. The molecular weight excluding hydrogens is 554 g/mol. The van der Waals surface area contributed by atoms with Gasteiger partial charge in [-0.25, -0.2) is 10.4 Å². The molecule has 1 aliphatic heterocycles. The lowest BCUT2D eigenvalue weighted by Crippen LogP contribution is -2.43. The van der Waals surface area contributed by atoms with Crippen LogP contribution in [0.25, 0.3) is 0 Å². The van der Waals surface area contributed by atoms with Gasteiger partial charge in [-0.3, -0.25) is 19.2 Å². The Bertz CT molecular complexity index is 932. The maximum Gasteiger partial charge on any atom is 0.267 e. The number of imide groups is 1. The molecule has 1 heterocycles. The van der Waals surface area contributed by atoms with Gasteiger partial charge in [0.15, 0.2) is 12.8 Å². The monoisotopic (exact) mass is 599 g/mol. The van der Waals surface area contributed by atoms with Gasteiger partial charge in [-0.2, -0.15) is 0 Å². The summed E-state index contributed by atoms with van der Waals surface area (Å²) >= 11 is 0. The third-order valence-electron chi connectivity index (χ3n) is 5.46. The van der Waals surface area contributed by atoms with Gasteiger partial charge in [0, 0.05) is 33.5 Å². The Morgan fingerprint density at radius 3 is 2.07 bits per heavy atom. The number of nitrogens with one attached hydrogen (secondary N) is 2. The Hall–Kier alpha value is -2.98. The molecule has 1 aromatic carbocycles. The van der Waals surface area contributed by atoms with Crippen LogP contribution in [0.5, 0.6) is 5.75 Å². The smallest absolute Gasteiger partial charge is 0.267 e. The van der Waals surface area contributed by atoms with Crippen molar-refractivity contribution in [1.82, 2.24) is 15.7 Å². The third kappa shape index (κ3) is 13.3. The molecule has 238 valence electrons. The summed E-state index contributed by atoms with van der Waals surface area (Å²) in [5.74, 6) is -1.52. The van der Waals surface area contributed by atoms with Crippen LogP contribution in [0.1, 0.15) is 47.4 Å². The second-order valence-corrected chi connectivity index (χ2v) is 8.26. The molecule has 3 amide bonds. The molecule has 2 rings (SSSR count). The lowest BCUT2D eigenvalue weighted by molar-refractivity contribution is -0.123. The molecule has 0 saturated carbocycles. The van der Waals surface area contributed by atoms with Crippen LogP contribution >= 0.6 is 0 Å². The van der Waals surface area contributed by atoms with Crippen molar-refractivity contribution in [3.8, 4) is 5.75 Å². The van der Waals surface area contributed by atoms with E-state index >= 15 is 0 Å². The summed E-state index contributed by atoms with van der Waals surface area (Å²) in [6.07, 6.45) is -0.0727. The van der Waals surface area contributed by atoms with E-state index in [1.807, 2.05) is 13.8 Å². The SMILES string of the molecule is CC.CNOC(CCC=O)N1C(=O)c2cccc(OCC(=O)NCCOCCOCCOCCOCCOC)c2C1=O. The molecule has 0 saturated heterocycles. The molecule has 0 radical (unpaired) electrons.